The van der Waals surface area contributed by atoms with E-state index in [1.807, 2.05) is 41.8 Å². The number of methoxy groups -OCH3 is 2. The lowest BCUT2D eigenvalue weighted by molar-refractivity contribution is 0.0948. The minimum absolute atomic E-state index is 0.106. The molecule has 2 aromatic carbocycles. The highest BCUT2D eigenvalue weighted by Crippen LogP contribution is 2.28. The molecule has 1 aromatic heterocycles. The number of aromatic nitrogens is 1. The number of benzene rings is 2. The topological polar surface area (TPSA) is 63.7 Å². The van der Waals surface area contributed by atoms with Crippen molar-refractivity contribution in [2.75, 3.05) is 27.3 Å². The third-order valence-electron chi connectivity index (χ3n) is 5.44. The summed E-state index contributed by atoms with van der Waals surface area (Å²) in [4.78, 5) is 19.3. The van der Waals surface area contributed by atoms with Crippen LogP contribution in [0.3, 0.4) is 0 Å². The number of halogens is 1. The summed E-state index contributed by atoms with van der Waals surface area (Å²) < 4.78 is 10.8. The van der Waals surface area contributed by atoms with Crippen LogP contribution in [0.15, 0.2) is 47.8 Å². The average Bonchev–Trinajstić information content (AvgIpc) is 3.32. The van der Waals surface area contributed by atoms with Crippen LogP contribution < -0.4 is 14.8 Å². The minimum Gasteiger partial charge on any atom is -0.493 e. The Morgan fingerprint density at radius 3 is 2.50 bits per heavy atom. The van der Waals surface area contributed by atoms with Crippen LogP contribution in [0.25, 0.3) is 0 Å². The van der Waals surface area contributed by atoms with Gasteiger partial charge in [0.25, 0.3) is 5.91 Å². The monoisotopic (exact) mass is 501 g/mol. The van der Waals surface area contributed by atoms with Gasteiger partial charge in [0.1, 0.15) is 10.7 Å². The number of hydrogen-bond acceptors (Lipinski definition) is 6. The Kier molecular flexibility index (Phi) is 10.2. The molecule has 8 heteroatoms. The lowest BCUT2D eigenvalue weighted by atomic mass is 10.1. The quantitative estimate of drug-likeness (QED) is 0.309. The van der Waals surface area contributed by atoms with Crippen molar-refractivity contribution in [1.29, 1.82) is 0 Å². The van der Waals surface area contributed by atoms with E-state index >= 15 is 0 Å². The lowest BCUT2D eigenvalue weighted by Crippen LogP contribution is -2.26. The fourth-order valence-corrected chi connectivity index (χ4v) is 4.48. The first-order valence-corrected chi connectivity index (χ1v) is 12.7. The molecule has 0 unspecified atom stereocenters. The molecule has 3 aromatic rings. The maximum Gasteiger partial charge on any atom is 0.270 e. The third-order valence-corrected chi connectivity index (χ3v) is 6.53. The van der Waals surface area contributed by atoms with Crippen LogP contribution in [-0.2, 0) is 19.5 Å². The average molecular weight is 502 g/mol. The molecule has 0 aliphatic heterocycles. The highest BCUT2D eigenvalue weighted by molar-refractivity contribution is 7.09. The Bertz CT molecular complexity index is 1060. The van der Waals surface area contributed by atoms with Crippen LogP contribution in [-0.4, -0.2) is 43.1 Å². The summed E-state index contributed by atoms with van der Waals surface area (Å²) in [5.74, 6) is 1.34. The number of carbonyl (C=O) groups is 1. The summed E-state index contributed by atoms with van der Waals surface area (Å²) in [5, 5.41) is 6.41. The summed E-state index contributed by atoms with van der Waals surface area (Å²) in [7, 11) is 3.28. The number of thiazole rings is 1. The van der Waals surface area contributed by atoms with Gasteiger partial charge in [-0.05, 0) is 48.2 Å². The number of amides is 1. The first kappa shape index (κ1) is 26.0. The summed E-state index contributed by atoms with van der Waals surface area (Å²) in [6, 6.07) is 13.9. The molecule has 0 fully saturated rings. The molecule has 34 heavy (non-hydrogen) atoms. The van der Waals surface area contributed by atoms with Crippen molar-refractivity contribution in [3.8, 4) is 11.5 Å². The van der Waals surface area contributed by atoms with Gasteiger partial charge < -0.3 is 14.8 Å². The second kappa shape index (κ2) is 13.3. The molecule has 0 saturated carbocycles. The normalized spacial score (nSPS) is 11.0. The molecule has 1 heterocycles. The van der Waals surface area contributed by atoms with E-state index in [0.717, 1.165) is 59.4 Å². The van der Waals surface area contributed by atoms with Crippen LogP contribution in [0.5, 0.6) is 11.5 Å². The number of nitrogens with zero attached hydrogens (tertiary/aromatic N) is 2. The molecule has 0 radical (unpaired) electrons. The first-order valence-electron chi connectivity index (χ1n) is 11.4. The van der Waals surface area contributed by atoms with Gasteiger partial charge in [-0.1, -0.05) is 43.1 Å². The van der Waals surface area contributed by atoms with Gasteiger partial charge in [-0.25, -0.2) is 4.98 Å². The largest absolute Gasteiger partial charge is 0.493 e. The highest BCUT2D eigenvalue weighted by atomic mass is 35.5. The van der Waals surface area contributed by atoms with E-state index in [0.29, 0.717) is 18.8 Å². The van der Waals surface area contributed by atoms with E-state index in [1.165, 1.54) is 16.9 Å². The van der Waals surface area contributed by atoms with Crippen LogP contribution >= 0.6 is 22.9 Å². The molecule has 6 nitrogen and oxygen atoms in total. The fraction of sp³-hybridized carbons (Fsp3) is 0.385. The molecule has 182 valence electrons. The van der Waals surface area contributed by atoms with Gasteiger partial charge >= 0.3 is 0 Å². The smallest absolute Gasteiger partial charge is 0.270 e. The van der Waals surface area contributed by atoms with Gasteiger partial charge in [0.2, 0.25) is 0 Å². The van der Waals surface area contributed by atoms with Crippen molar-refractivity contribution in [2.24, 2.45) is 0 Å². The predicted octanol–water partition coefficient (Wildman–Crippen LogP) is 5.59. The first-order chi connectivity index (χ1) is 16.5. The number of nitrogens with one attached hydrogen (secondary N) is 1. The number of rotatable bonds is 13. The van der Waals surface area contributed by atoms with Crippen LogP contribution in [0.4, 0.5) is 0 Å². The Balaban J connectivity index is 1.70. The van der Waals surface area contributed by atoms with Crippen LogP contribution in [0.2, 0.25) is 5.02 Å². The summed E-state index contributed by atoms with van der Waals surface area (Å²) in [6.45, 7) is 5.00. The van der Waals surface area contributed by atoms with Gasteiger partial charge in [0.15, 0.2) is 11.5 Å². The molecule has 1 N–H and O–H groups in total. The molecular weight excluding hydrogens is 470 g/mol. The van der Waals surface area contributed by atoms with E-state index in [1.54, 1.807) is 14.2 Å². The van der Waals surface area contributed by atoms with E-state index in [2.05, 4.69) is 28.2 Å². The van der Waals surface area contributed by atoms with Crippen molar-refractivity contribution in [2.45, 2.75) is 39.3 Å². The van der Waals surface area contributed by atoms with Crippen molar-refractivity contribution in [3.63, 3.8) is 0 Å². The van der Waals surface area contributed by atoms with E-state index in [-0.39, 0.29) is 5.91 Å². The molecule has 0 aliphatic carbocycles. The molecule has 0 atom stereocenters. The van der Waals surface area contributed by atoms with Crippen molar-refractivity contribution in [3.05, 3.63) is 74.7 Å². The molecule has 0 saturated heterocycles. The van der Waals surface area contributed by atoms with E-state index < -0.39 is 0 Å². The van der Waals surface area contributed by atoms with E-state index in [9.17, 15) is 4.79 Å². The number of hydrogen-bond donors (Lipinski definition) is 1. The zero-order valence-electron chi connectivity index (χ0n) is 20.0. The highest BCUT2D eigenvalue weighted by Gasteiger charge is 2.15. The molecule has 0 bridgehead atoms. The van der Waals surface area contributed by atoms with Crippen LogP contribution in [0.1, 0.15) is 46.4 Å². The summed E-state index contributed by atoms with van der Waals surface area (Å²) in [5.41, 5.74) is 2.82. The summed E-state index contributed by atoms with van der Waals surface area (Å²) >= 11 is 7.59. The SMILES string of the molecule is CCCCNC(=O)c1csc(CN(CCc2ccc(OC)c(OC)c2)Cc2ccc(Cl)cc2)n1. The standard InChI is InChI=1S/C26H32ClN3O3S/c1-4-5-13-28-26(31)22-18-34-25(29-22)17-30(16-20-6-9-21(27)10-7-20)14-12-19-8-11-23(32-2)24(15-19)33-3/h6-11,15,18H,4-5,12-14,16-17H2,1-3H3,(H,28,31). The Labute approximate surface area is 210 Å². The van der Waals surface area contributed by atoms with Gasteiger partial charge in [0.05, 0.1) is 20.8 Å². The van der Waals surface area contributed by atoms with Crippen molar-refractivity contribution >= 4 is 28.8 Å². The zero-order chi connectivity index (χ0) is 24.3. The van der Waals surface area contributed by atoms with Crippen LogP contribution in [0, 0.1) is 0 Å². The second-order valence-corrected chi connectivity index (χ2v) is 9.39. The van der Waals surface area contributed by atoms with Crippen molar-refractivity contribution in [1.82, 2.24) is 15.2 Å². The predicted molar refractivity (Wildman–Crippen MR) is 138 cm³/mol. The lowest BCUT2D eigenvalue weighted by Gasteiger charge is -2.22. The Morgan fingerprint density at radius 2 is 1.79 bits per heavy atom. The Morgan fingerprint density at radius 1 is 1.06 bits per heavy atom. The number of ether oxygens (including phenoxy) is 2. The molecular formula is C26H32ClN3O3S. The van der Waals surface area contributed by atoms with E-state index in [4.69, 9.17) is 21.1 Å². The van der Waals surface area contributed by atoms with Gasteiger partial charge in [0, 0.05) is 30.0 Å². The number of carbonyl (C=O) groups excluding carboxylic acids is 1. The van der Waals surface area contributed by atoms with Crippen molar-refractivity contribution < 1.29 is 14.3 Å². The Hall–Kier alpha value is -2.61. The summed E-state index contributed by atoms with van der Waals surface area (Å²) in [6.07, 6.45) is 2.85. The maximum absolute atomic E-state index is 12.3. The number of unbranched alkanes of at least 4 members (excludes halogenated alkanes) is 1. The molecule has 0 spiro atoms. The maximum atomic E-state index is 12.3. The minimum atomic E-state index is -0.106. The second-order valence-electron chi connectivity index (χ2n) is 8.01. The van der Waals surface area contributed by atoms with Gasteiger partial charge in [-0.15, -0.1) is 11.3 Å². The molecule has 3 rings (SSSR count). The fourth-order valence-electron chi connectivity index (χ4n) is 3.53. The van der Waals surface area contributed by atoms with Gasteiger partial charge in [-0.3, -0.25) is 9.69 Å². The molecule has 0 aliphatic rings. The third kappa shape index (κ3) is 7.72. The molecule has 1 amide bonds. The zero-order valence-corrected chi connectivity index (χ0v) is 21.5. The van der Waals surface area contributed by atoms with Gasteiger partial charge in [-0.2, -0.15) is 0 Å².